The van der Waals surface area contributed by atoms with E-state index in [9.17, 15) is 9.18 Å². The number of hydrogen-bond donors (Lipinski definition) is 1. The number of thioether (sulfide) groups is 2. The number of halogens is 2. The second kappa shape index (κ2) is 6.99. The maximum atomic E-state index is 13.7. The summed E-state index contributed by atoms with van der Waals surface area (Å²) in [5.74, 6) is -0.362. The van der Waals surface area contributed by atoms with Gasteiger partial charge in [-0.2, -0.15) is 11.8 Å². The minimum atomic E-state index is -0.890. The highest BCUT2D eigenvalue weighted by molar-refractivity contribution is 14.1. The van der Waals surface area contributed by atoms with Gasteiger partial charge in [0.2, 0.25) is 0 Å². The molecule has 0 spiro atoms. The molecule has 0 unspecified atom stereocenters. The number of benzene rings is 1. The summed E-state index contributed by atoms with van der Waals surface area (Å²) in [6.45, 7) is 0.680. The fourth-order valence-electron chi connectivity index (χ4n) is 1.73. The Labute approximate surface area is 137 Å². The Morgan fingerprint density at radius 2 is 2.30 bits per heavy atom. The summed E-state index contributed by atoms with van der Waals surface area (Å²) < 4.78 is 16.1. The summed E-state index contributed by atoms with van der Waals surface area (Å²) >= 11 is 4.77. The number of fused-ring (bicyclic) bond motifs is 1. The van der Waals surface area contributed by atoms with Crippen LogP contribution in [0.2, 0.25) is 0 Å². The first-order valence-corrected chi connectivity index (χ1v) is 9.17. The molecule has 0 atom stereocenters. The van der Waals surface area contributed by atoms with Crippen LogP contribution in [0.4, 0.5) is 4.39 Å². The van der Waals surface area contributed by atoms with Crippen LogP contribution in [0.5, 0.6) is 0 Å². The van der Waals surface area contributed by atoms with Gasteiger partial charge in [-0.25, -0.2) is 9.37 Å². The Morgan fingerprint density at radius 1 is 1.55 bits per heavy atom. The van der Waals surface area contributed by atoms with Crippen molar-refractivity contribution in [3.63, 3.8) is 0 Å². The van der Waals surface area contributed by atoms with Gasteiger partial charge in [-0.15, -0.1) is 0 Å². The van der Waals surface area contributed by atoms with E-state index < -0.39 is 5.97 Å². The van der Waals surface area contributed by atoms with E-state index in [1.54, 1.807) is 17.8 Å². The summed E-state index contributed by atoms with van der Waals surface area (Å²) in [6, 6.07) is 3.15. The van der Waals surface area contributed by atoms with Crippen molar-refractivity contribution in [3.05, 3.63) is 21.5 Å². The van der Waals surface area contributed by atoms with Gasteiger partial charge in [0.05, 0.1) is 20.4 Å². The molecule has 0 saturated carbocycles. The molecule has 1 aromatic heterocycles. The highest BCUT2D eigenvalue weighted by atomic mass is 127. The van der Waals surface area contributed by atoms with Gasteiger partial charge in [-0.05, 0) is 34.9 Å². The zero-order chi connectivity index (χ0) is 14.7. The van der Waals surface area contributed by atoms with E-state index in [4.69, 9.17) is 5.11 Å². The number of carboxylic acid groups (broad SMARTS) is 1. The summed E-state index contributed by atoms with van der Waals surface area (Å²) in [4.78, 5) is 15.1. The first-order chi connectivity index (χ1) is 9.52. The van der Waals surface area contributed by atoms with Crippen molar-refractivity contribution in [2.75, 3.05) is 17.8 Å². The lowest BCUT2D eigenvalue weighted by Crippen LogP contribution is -2.05. The lowest BCUT2D eigenvalue weighted by molar-refractivity contribution is -0.133. The number of aromatic nitrogens is 2. The molecule has 2 aromatic rings. The summed E-state index contributed by atoms with van der Waals surface area (Å²) in [7, 11) is 0. The van der Waals surface area contributed by atoms with Gasteiger partial charge in [-0.1, -0.05) is 11.8 Å². The van der Waals surface area contributed by atoms with Crippen LogP contribution in [0.1, 0.15) is 0 Å². The molecule has 0 fully saturated rings. The van der Waals surface area contributed by atoms with E-state index >= 15 is 0 Å². The predicted molar refractivity (Wildman–Crippen MR) is 89.1 cm³/mol. The van der Waals surface area contributed by atoms with Crippen molar-refractivity contribution < 1.29 is 14.3 Å². The third-order valence-electron chi connectivity index (χ3n) is 2.60. The molecule has 0 aliphatic carbocycles. The number of aryl methyl sites for hydroxylation is 1. The predicted octanol–water partition coefficient (Wildman–Crippen LogP) is 3.32. The molecule has 0 bridgehead atoms. The van der Waals surface area contributed by atoms with E-state index in [1.807, 2.05) is 33.4 Å². The zero-order valence-electron chi connectivity index (χ0n) is 10.6. The summed E-state index contributed by atoms with van der Waals surface area (Å²) in [5.41, 5.74) is 1.41. The number of hydrogen-bond acceptors (Lipinski definition) is 4. The average molecular weight is 426 g/mol. The Balaban J connectivity index is 2.45. The minimum absolute atomic E-state index is 0.0534. The van der Waals surface area contributed by atoms with Crippen LogP contribution >= 0.6 is 46.1 Å². The lowest BCUT2D eigenvalue weighted by atomic mass is 10.3. The van der Waals surface area contributed by atoms with E-state index in [-0.39, 0.29) is 11.6 Å². The second-order valence-electron chi connectivity index (χ2n) is 3.98. The minimum Gasteiger partial charge on any atom is -0.481 e. The standard InChI is InChI=1S/C12H12FIN2O2S2/c1-19-3-2-16-10-4-7(13)8(14)5-9(10)15-12(16)20-6-11(17)18/h4-5H,2-3,6H2,1H3,(H,17,18). The normalized spacial score (nSPS) is 11.2. The van der Waals surface area contributed by atoms with Crippen LogP contribution in [-0.4, -0.2) is 38.4 Å². The molecule has 0 aliphatic heterocycles. The molecule has 1 heterocycles. The van der Waals surface area contributed by atoms with Gasteiger partial charge in [0, 0.05) is 18.4 Å². The first-order valence-electron chi connectivity index (χ1n) is 5.71. The molecule has 20 heavy (non-hydrogen) atoms. The van der Waals surface area contributed by atoms with Crippen LogP contribution in [-0.2, 0) is 11.3 Å². The van der Waals surface area contributed by atoms with Crippen molar-refractivity contribution in [3.8, 4) is 0 Å². The second-order valence-corrected chi connectivity index (χ2v) is 7.07. The number of aliphatic carboxylic acids is 1. The quantitative estimate of drug-likeness (QED) is 0.568. The summed E-state index contributed by atoms with van der Waals surface area (Å²) in [5, 5.41) is 9.40. The van der Waals surface area contributed by atoms with E-state index in [0.29, 0.717) is 26.3 Å². The van der Waals surface area contributed by atoms with Gasteiger partial charge >= 0.3 is 5.97 Å². The van der Waals surface area contributed by atoms with E-state index in [1.165, 1.54) is 6.07 Å². The fourth-order valence-corrected chi connectivity index (χ4v) is 3.31. The van der Waals surface area contributed by atoms with Gasteiger partial charge in [0.25, 0.3) is 0 Å². The van der Waals surface area contributed by atoms with Crippen LogP contribution in [0.15, 0.2) is 17.3 Å². The highest BCUT2D eigenvalue weighted by Crippen LogP contribution is 2.27. The maximum Gasteiger partial charge on any atom is 0.313 e. The molecule has 1 N–H and O–H groups in total. The van der Waals surface area contributed by atoms with Crippen LogP contribution < -0.4 is 0 Å². The van der Waals surface area contributed by atoms with Crippen LogP contribution in [0, 0.1) is 9.39 Å². The Hall–Kier alpha value is -0.480. The maximum absolute atomic E-state index is 13.7. The van der Waals surface area contributed by atoms with Crippen LogP contribution in [0.25, 0.3) is 11.0 Å². The van der Waals surface area contributed by atoms with Gasteiger partial charge in [-0.3, -0.25) is 4.79 Å². The fraction of sp³-hybridized carbons (Fsp3) is 0.333. The van der Waals surface area contributed by atoms with Crippen molar-refractivity contribution in [2.24, 2.45) is 0 Å². The molecule has 4 nitrogen and oxygen atoms in total. The van der Waals surface area contributed by atoms with Gasteiger partial charge in [0.1, 0.15) is 5.82 Å². The van der Waals surface area contributed by atoms with Gasteiger partial charge < -0.3 is 9.67 Å². The third-order valence-corrected chi connectivity index (χ3v) is 4.98. The molecule has 0 saturated heterocycles. The zero-order valence-corrected chi connectivity index (χ0v) is 14.4. The molecule has 2 rings (SSSR count). The molecule has 0 aliphatic rings. The average Bonchev–Trinajstić information content (AvgIpc) is 2.72. The largest absolute Gasteiger partial charge is 0.481 e. The molecule has 0 amide bonds. The van der Waals surface area contributed by atoms with Crippen molar-refractivity contribution >= 4 is 63.1 Å². The molecule has 0 radical (unpaired) electrons. The number of rotatable bonds is 6. The van der Waals surface area contributed by atoms with Crippen molar-refractivity contribution in [2.45, 2.75) is 11.7 Å². The molecule has 108 valence electrons. The smallest absolute Gasteiger partial charge is 0.313 e. The Bertz CT molecular complexity index is 648. The van der Waals surface area contributed by atoms with Crippen LogP contribution in [0.3, 0.4) is 0 Å². The first kappa shape index (κ1) is 15.9. The highest BCUT2D eigenvalue weighted by Gasteiger charge is 2.14. The van der Waals surface area contributed by atoms with E-state index in [0.717, 1.165) is 17.5 Å². The Morgan fingerprint density at radius 3 is 2.95 bits per heavy atom. The monoisotopic (exact) mass is 426 g/mol. The van der Waals surface area contributed by atoms with Gasteiger partial charge in [0.15, 0.2) is 5.16 Å². The SMILES string of the molecule is CSCCn1c(SCC(=O)O)nc2cc(I)c(F)cc21. The summed E-state index contributed by atoms with van der Waals surface area (Å²) in [6.07, 6.45) is 1.99. The third kappa shape index (κ3) is 3.59. The van der Waals surface area contributed by atoms with Crippen molar-refractivity contribution in [1.82, 2.24) is 9.55 Å². The Kier molecular flexibility index (Phi) is 5.56. The number of carboxylic acids is 1. The number of carbonyl (C=O) groups is 1. The molecular formula is C12H12FIN2O2S2. The molecule has 8 heteroatoms. The number of nitrogens with zero attached hydrogens (tertiary/aromatic N) is 2. The molecular weight excluding hydrogens is 414 g/mol. The molecule has 1 aromatic carbocycles. The topological polar surface area (TPSA) is 55.1 Å². The number of imidazole rings is 1. The van der Waals surface area contributed by atoms with E-state index in [2.05, 4.69) is 4.98 Å². The van der Waals surface area contributed by atoms with Crippen molar-refractivity contribution in [1.29, 1.82) is 0 Å². The lowest BCUT2D eigenvalue weighted by Gasteiger charge is -2.07.